The van der Waals surface area contributed by atoms with Crippen LogP contribution in [-0.4, -0.2) is 0 Å². The van der Waals surface area contributed by atoms with E-state index in [1.54, 1.807) is 0 Å². The predicted molar refractivity (Wildman–Crippen MR) is 277 cm³/mol. The number of rotatable bonds is 9. The SMILES string of the molecule is c1ccc(-c2ccc(-c3ccc(N(c4ccccc4)c4cc5c(cc4-c4ccc(-c6ccc7c(c6)CCCC7)cc4)-c4ccccc4C5(c4ccccc4)c4ccccc4)cc3)cc2)cc1. The van der Waals surface area contributed by atoms with Gasteiger partial charge in [-0.3, -0.25) is 0 Å². The van der Waals surface area contributed by atoms with E-state index < -0.39 is 5.41 Å². The fraction of sp³-hybridized carbons (Fsp3) is 0.0769. The second kappa shape index (κ2) is 16.8. The minimum Gasteiger partial charge on any atom is -0.310 e. The minimum absolute atomic E-state index is 0.545. The monoisotopic (exact) mass is 843 g/mol. The molecule has 1 heteroatoms. The fourth-order valence-corrected chi connectivity index (χ4v) is 10.9. The Balaban J connectivity index is 1.06. The van der Waals surface area contributed by atoms with E-state index >= 15 is 0 Å². The number of hydrogen-bond donors (Lipinski definition) is 0. The molecule has 0 amide bonds. The molecule has 2 aliphatic rings. The van der Waals surface area contributed by atoms with Gasteiger partial charge < -0.3 is 4.90 Å². The van der Waals surface area contributed by atoms with Crippen molar-refractivity contribution >= 4 is 17.1 Å². The Morgan fingerprint density at radius 1 is 0.288 bits per heavy atom. The second-order valence-electron chi connectivity index (χ2n) is 17.9. The van der Waals surface area contributed by atoms with Gasteiger partial charge in [-0.05, 0) is 146 Å². The summed E-state index contributed by atoms with van der Waals surface area (Å²) in [5.41, 5.74) is 23.2. The van der Waals surface area contributed by atoms with Gasteiger partial charge in [-0.25, -0.2) is 0 Å². The largest absolute Gasteiger partial charge is 0.310 e. The van der Waals surface area contributed by atoms with E-state index in [4.69, 9.17) is 0 Å². The molecule has 2 aliphatic carbocycles. The Labute approximate surface area is 389 Å². The average molecular weight is 844 g/mol. The molecule has 0 N–H and O–H groups in total. The van der Waals surface area contributed by atoms with Crippen LogP contribution in [0.1, 0.15) is 46.2 Å². The lowest BCUT2D eigenvalue weighted by Crippen LogP contribution is -2.28. The Bertz CT molecular complexity index is 3260. The summed E-state index contributed by atoms with van der Waals surface area (Å²) in [5, 5.41) is 0. The van der Waals surface area contributed by atoms with Crippen molar-refractivity contribution in [1.29, 1.82) is 0 Å². The molecule has 0 heterocycles. The molecule has 0 fully saturated rings. The number of fused-ring (bicyclic) bond motifs is 4. The van der Waals surface area contributed by atoms with Crippen molar-refractivity contribution in [3.8, 4) is 55.6 Å². The van der Waals surface area contributed by atoms with Crippen molar-refractivity contribution in [3.63, 3.8) is 0 Å². The van der Waals surface area contributed by atoms with Crippen molar-refractivity contribution in [1.82, 2.24) is 0 Å². The normalized spacial score (nSPS) is 13.3. The summed E-state index contributed by atoms with van der Waals surface area (Å²) in [6, 6.07) is 92.4. The molecule has 0 bridgehead atoms. The van der Waals surface area contributed by atoms with Gasteiger partial charge in [0, 0.05) is 16.9 Å². The van der Waals surface area contributed by atoms with E-state index in [9.17, 15) is 0 Å². The van der Waals surface area contributed by atoms with Crippen LogP contribution < -0.4 is 4.90 Å². The first-order valence-electron chi connectivity index (χ1n) is 23.5. The zero-order valence-electron chi connectivity index (χ0n) is 36.9. The summed E-state index contributed by atoms with van der Waals surface area (Å²) in [6.07, 6.45) is 4.93. The molecule has 66 heavy (non-hydrogen) atoms. The maximum Gasteiger partial charge on any atom is 0.0714 e. The number of nitrogens with zero attached hydrogens (tertiary/aromatic N) is 1. The van der Waals surface area contributed by atoms with Crippen molar-refractivity contribution in [2.75, 3.05) is 4.90 Å². The van der Waals surface area contributed by atoms with Gasteiger partial charge >= 0.3 is 0 Å². The van der Waals surface area contributed by atoms with Crippen LogP contribution in [0.5, 0.6) is 0 Å². The zero-order valence-corrected chi connectivity index (χ0v) is 36.9. The average Bonchev–Trinajstić information content (AvgIpc) is 3.69. The molecule has 314 valence electrons. The van der Waals surface area contributed by atoms with E-state index in [2.05, 4.69) is 254 Å². The molecule has 0 aliphatic heterocycles. The van der Waals surface area contributed by atoms with Crippen molar-refractivity contribution in [2.45, 2.75) is 31.1 Å². The summed E-state index contributed by atoms with van der Waals surface area (Å²) in [5.74, 6) is 0. The molecular formula is C65H49N. The van der Waals surface area contributed by atoms with Crippen LogP contribution in [-0.2, 0) is 18.3 Å². The molecule has 0 unspecified atom stereocenters. The third kappa shape index (κ3) is 6.87. The van der Waals surface area contributed by atoms with Gasteiger partial charge in [0.15, 0.2) is 0 Å². The Morgan fingerprint density at radius 2 is 0.742 bits per heavy atom. The van der Waals surface area contributed by atoms with Crippen molar-refractivity contribution in [3.05, 3.63) is 282 Å². The second-order valence-corrected chi connectivity index (χ2v) is 17.9. The highest BCUT2D eigenvalue weighted by atomic mass is 15.1. The van der Waals surface area contributed by atoms with Crippen LogP contribution in [0.15, 0.2) is 249 Å². The van der Waals surface area contributed by atoms with Crippen molar-refractivity contribution < 1.29 is 0 Å². The molecule has 1 nitrogen and oxygen atoms in total. The summed E-state index contributed by atoms with van der Waals surface area (Å²) in [4.78, 5) is 2.47. The summed E-state index contributed by atoms with van der Waals surface area (Å²) in [7, 11) is 0. The number of benzene rings is 10. The summed E-state index contributed by atoms with van der Waals surface area (Å²) in [6.45, 7) is 0. The van der Waals surface area contributed by atoms with E-state index in [1.165, 1.54) is 115 Å². The molecular weight excluding hydrogens is 795 g/mol. The highest BCUT2D eigenvalue weighted by Gasteiger charge is 2.46. The number of para-hydroxylation sites is 1. The third-order valence-corrected chi connectivity index (χ3v) is 14.2. The molecule has 0 atom stereocenters. The van der Waals surface area contributed by atoms with Gasteiger partial charge in [-0.2, -0.15) is 0 Å². The van der Waals surface area contributed by atoms with Crippen LogP contribution in [0, 0.1) is 0 Å². The zero-order chi connectivity index (χ0) is 43.9. The van der Waals surface area contributed by atoms with Gasteiger partial charge in [0.2, 0.25) is 0 Å². The Hall–Kier alpha value is -8.00. The topological polar surface area (TPSA) is 3.24 Å². The first kappa shape index (κ1) is 39.6. The maximum atomic E-state index is 2.52. The third-order valence-electron chi connectivity index (χ3n) is 14.2. The predicted octanol–water partition coefficient (Wildman–Crippen LogP) is 17.1. The molecule has 0 radical (unpaired) electrons. The summed E-state index contributed by atoms with van der Waals surface area (Å²) >= 11 is 0. The fourth-order valence-electron chi connectivity index (χ4n) is 10.9. The molecule has 12 rings (SSSR count). The van der Waals surface area contributed by atoms with Crippen LogP contribution >= 0.6 is 0 Å². The van der Waals surface area contributed by atoms with Crippen LogP contribution in [0.2, 0.25) is 0 Å². The number of hydrogen-bond acceptors (Lipinski definition) is 1. The van der Waals surface area contributed by atoms with Crippen LogP contribution in [0.4, 0.5) is 17.1 Å². The van der Waals surface area contributed by atoms with Crippen LogP contribution in [0.3, 0.4) is 0 Å². The van der Waals surface area contributed by atoms with Gasteiger partial charge in [0.05, 0.1) is 11.1 Å². The quantitative estimate of drug-likeness (QED) is 0.140. The number of aryl methyl sites for hydroxylation is 2. The standard InChI is InChI=1S/C65H49N/c1-5-17-46(18-6-1)48-29-31-49(32-30-48)50-39-41-58(42-40-50)66(57-25-11-4-12-26-57)64-45-63-61(44-60(64)52-36-33-51(34-37-52)54-38-35-47-19-13-14-20-53(47)43-54)59-27-15-16-28-62(59)65(63,55-21-7-2-8-22-55)56-23-9-3-10-24-56/h1-12,15-18,21-45H,13-14,19-20H2. The van der Waals surface area contributed by atoms with Crippen molar-refractivity contribution in [2.24, 2.45) is 0 Å². The van der Waals surface area contributed by atoms with Crippen LogP contribution in [0.25, 0.3) is 55.6 Å². The lowest BCUT2D eigenvalue weighted by atomic mass is 9.67. The first-order chi connectivity index (χ1) is 32.7. The smallest absolute Gasteiger partial charge is 0.0714 e. The molecule has 0 aromatic heterocycles. The Kier molecular flexibility index (Phi) is 10.1. The summed E-state index contributed by atoms with van der Waals surface area (Å²) < 4.78 is 0. The number of anilines is 3. The minimum atomic E-state index is -0.545. The highest BCUT2D eigenvalue weighted by molar-refractivity contribution is 5.97. The molecule has 10 aromatic rings. The Morgan fingerprint density at radius 3 is 1.36 bits per heavy atom. The highest BCUT2D eigenvalue weighted by Crippen LogP contribution is 2.59. The molecule has 10 aromatic carbocycles. The van der Waals surface area contributed by atoms with E-state index in [1.807, 2.05) is 0 Å². The maximum absolute atomic E-state index is 2.52. The molecule has 0 saturated heterocycles. The lowest BCUT2D eigenvalue weighted by molar-refractivity contribution is 0.686. The van der Waals surface area contributed by atoms with Gasteiger partial charge in [-0.1, -0.05) is 212 Å². The van der Waals surface area contributed by atoms with Gasteiger partial charge in [0.1, 0.15) is 0 Å². The molecule has 0 spiro atoms. The van der Waals surface area contributed by atoms with Gasteiger partial charge in [0.25, 0.3) is 0 Å². The molecule has 0 saturated carbocycles. The van der Waals surface area contributed by atoms with Gasteiger partial charge in [-0.15, -0.1) is 0 Å². The van der Waals surface area contributed by atoms with E-state index in [0.29, 0.717) is 0 Å². The van der Waals surface area contributed by atoms with E-state index in [0.717, 1.165) is 17.1 Å². The first-order valence-corrected chi connectivity index (χ1v) is 23.5. The van der Waals surface area contributed by atoms with E-state index in [-0.39, 0.29) is 0 Å². The lowest BCUT2D eigenvalue weighted by Gasteiger charge is -2.35.